The summed E-state index contributed by atoms with van der Waals surface area (Å²) in [6.07, 6.45) is -1.32. The number of nitrogens with zero attached hydrogens (tertiary/aromatic N) is 7. The molecule has 2 aromatic rings. The maximum Gasteiger partial charge on any atom is 0.490 e. The summed E-state index contributed by atoms with van der Waals surface area (Å²) >= 11 is 0. The predicted octanol–water partition coefficient (Wildman–Crippen LogP) is 2.53. The Bertz CT molecular complexity index is 1950. The summed E-state index contributed by atoms with van der Waals surface area (Å²) in [5.74, 6) is -0.451. The highest BCUT2D eigenvalue weighted by Crippen LogP contribution is 2.66. The van der Waals surface area contributed by atoms with Gasteiger partial charge in [-0.3, -0.25) is 18.9 Å². The number of hydrogen-bond acceptors (Lipinski definition) is 15. The van der Waals surface area contributed by atoms with Crippen molar-refractivity contribution in [2.24, 2.45) is 10.2 Å². The standard InChI is InChI=1S/C22H27N8O17P3/c23-28-25-7-12-5-15(44-14-1-2-14)3-4-16(12)21(32)41-9-13-8-30(22(33)27-20(13)31)19-6-17(42-11-26-29-24)18(45-19)10-43-49(37,38)47-50(39,40)46-48(34,35)36/h3-5,8,14,17-19H,1-2,6-7,9-11H2,(H,37,38)(H,39,40)(H,27,31,33)(H2,34,35,36)/t17?,18-,19-/m1/s1. The lowest BCUT2D eigenvalue weighted by Gasteiger charge is -2.21. The topological polar surface area (TPSA) is 366 Å². The van der Waals surface area contributed by atoms with E-state index in [0.717, 1.165) is 23.6 Å². The Morgan fingerprint density at radius 1 is 1.04 bits per heavy atom. The van der Waals surface area contributed by atoms with E-state index in [0.29, 0.717) is 5.75 Å². The molecular formula is C22H27N8O17P3. The van der Waals surface area contributed by atoms with Gasteiger partial charge in [0, 0.05) is 22.4 Å². The van der Waals surface area contributed by atoms with Crippen LogP contribution in [0, 0.1) is 0 Å². The lowest BCUT2D eigenvalue weighted by atomic mass is 10.1. The van der Waals surface area contributed by atoms with Gasteiger partial charge < -0.3 is 38.5 Å². The summed E-state index contributed by atoms with van der Waals surface area (Å²) in [4.78, 5) is 82.1. The third-order valence-corrected chi connectivity index (χ3v) is 10.3. The van der Waals surface area contributed by atoms with Crippen molar-refractivity contribution in [3.05, 3.63) is 82.8 Å². The van der Waals surface area contributed by atoms with Crippen molar-refractivity contribution in [1.29, 1.82) is 0 Å². The molecule has 0 radical (unpaired) electrons. The van der Waals surface area contributed by atoms with Crippen LogP contribution >= 0.6 is 23.5 Å². The molecule has 1 saturated carbocycles. The van der Waals surface area contributed by atoms with Crippen LogP contribution in [-0.4, -0.2) is 66.7 Å². The third-order valence-electron chi connectivity index (χ3n) is 6.55. The number of ether oxygens (including phenoxy) is 4. The smallest absolute Gasteiger partial charge is 0.490 e. The molecule has 272 valence electrons. The molecule has 1 aromatic carbocycles. The first kappa shape index (κ1) is 38.9. The second kappa shape index (κ2) is 16.4. The number of phosphoric acid groups is 3. The molecular weight excluding hydrogens is 741 g/mol. The highest BCUT2D eigenvalue weighted by atomic mass is 31.3. The Morgan fingerprint density at radius 3 is 2.42 bits per heavy atom. The average molecular weight is 768 g/mol. The van der Waals surface area contributed by atoms with E-state index in [9.17, 15) is 37.9 Å². The number of esters is 1. The van der Waals surface area contributed by atoms with Crippen LogP contribution in [-0.2, 0) is 54.2 Å². The molecule has 2 aliphatic rings. The molecule has 0 amide bonds. The summed E-state index contributed by atoms with van der Waals surface area (Å²) < 4.78 is 69.5. The van der Waals surface area contributed by atoms with E-state index in [1.165, 1.54) is 18.2 Å². The molecule has 2 heterocycles. The van der Waals surface area contributed by atoms with Gasteiger partial charge in [-0.05, 0) is 47.7 Å². The normalized spacial score (nSPS) is 21.2. The number of aromatic nitrogens is 2. The maximum atomic E-state index is 13.0. The van der Waals surface area contributed by atoms with Crippen LogP contribution < -0.4 is 16.0 Å². The van der Waals surface area contributed by atoms with Crippen molar-refractivity contribution < 1.29 is 70.2 Å². The minimum Gasteiger partial charge on any atom is -0.490 e. The fraction of sp³-hybridized carbons (Fsp3) is 0.500. The first-order valence-electron chi connectivity index (χ1n) is 13.9. The molecule has 1 aliphatic heterocycles. The number of azide groups is 2. The summed E-state index contributed by atoms with van der Waals surface area (Å²) in [5, 5.41) is 6.67. The van der Waals surface area contributed by atoms with Crippen LogP contribution in [0.4, 0.5) is 0 Å². The second-order valence-electron chi connectivity index (χ2n) is 10.2. The van der Waals surface area contributed by atoms with E-state index in [-0.39, 0.29) is 35.8 Å². The minimum absolute atomic E-state index is 0.0169. The van der Waals surface area contributed by atoms with Crippen molar-refractivity contribution in [3.63, 3.8) is 0 Å². The molecule has 28 heteroatoms. The molecule has 5 N–H and O–H groups in total. The van der Waals surface area contributed by atoms with E-state index in [1.807, 2.05) is 4.98 Å². The largest absolute Gasteiger partial charge is 0.490 e. The molecule has 1 saturated heterocycles. The summed E-state index contributed by atoms with van der Waals surface area (Å²) in [5.41, 5.74) is 15.4. The number of phosphoric ester groups is 1. The van der Waals surface area contributed by atoms with E-state index >= 15 is 0 Å². The van der Waals surface area contributed by atoms with Crippen molar-refractivity contribution >= 4 is 29.4 Å². The molecule has 3 unspecified atom stereocenters. The molecule has 0 bridgehead atoms. The SMILES string of the molecule is [N-]=[N+]=NCOC1C[C@H](n2cc(COC(=O)c3ccc(OC4CC4)cc3CN=[N+]=[N-])c(=O)[nH]c2=O)O[C@@H]1COP(=O)(O)OP(=O)(O)OP(=O)(O)O. The Hall–Kier alpha value is -3.88. The molecule has 50 heavy (non-hydrogen) atoms. The van der Waals surface area contributed by atoms with Crippen LogP contribution in [0.2, 0.25) is 0 Å². The van der Waals surface area contributed by atoms with E-state index in [1.54, 1.807) is 0 Å². The van der Waals surface area contributed by atoms with Gasteiger partial charge in [-0.1, -0.05) is 10.2 Å². The minimum atomic E-state index is -5.83. The summed E-state index contributed by atoms with van der Waals surface area (Å²) in [7, 11) is -17.1. The number of H-pyrrole nitrogens is 1. The zero-order valence-electron chi connectivity index (χ0n) is 25.1. The van der Waals surface area contributed by atoms with Crippen LogP contribution in [0.1, 0.15) is 47.0 Å². The van der Waals surface area contributed by atoms with Gasteiger partial charge in [0.25, 0.3) is 5.56 Å². The van der Waals surface area contributed by atoms with Crippen LogP contribution in [0.3, 0.4) is 0 Å². The average Bonchev–Trinajstić information content (AvgIpc) is 3.73. The molecule has 0 spiro atoms. The van der Waals surface area contributed by atoms with E-state index in [4.69, 9.17) is 39.8 Å². The van der Waals surface area contributed by atoms with Gasteiger partial charge in [0.2, 0.25) is 0 Å². The zero-order valence-corrected chi connectivity index (χ0v) is 27.8. The van der Waals surface area contributed by atoms with Crippen molar-refractivity contribution in [2.75, 3.05) is 13.3 Å². The van der Waals surface area contributed by atoms with Gasteiger partial charge >= 0.3 is 35.1 Å². The number of carbonyl (C=O) groups excluding carboxylic acids is 1. The number of rotatable bonds is 18. The number of nitrogens with one attached hydrogen (secondary N) is 1. The fourth-order valence-corrected chi connectivity index (χ4v) is 7.38. The molecule has 4 rings (SSSR count). The first-order valence-corrected chi connectivity index (χ1v) is 18.4. The Morgan fingerprint density at radius 2 is 1.76 bits per heavy atom. The van der Waals surface area contributed by atoms with Crippen molar-refractivity contribution in [2.45, 2.75) is 57.0 Å². The van der Waals surface area contributed by atoms with Gasteiger partial charge in [0.05, 0.1) is 36.5 Å². The monoisotopic (exact) mass is 768 g/mol. The number of hydrogen-bond donors (Lipinski definition) is 5. The summed E-state index contributed by atoms with van der Waals surface area (Å²) in [6, 6.07) is 4.45. The van der Waals surface area contributed by atoms with Crippen LogP contribution in [0.5, 0.6) is 5.75 Å². The first-order chi connectivity index (χ1) is 23.5. The fourth-order valence-electron chi connectivity index (χ4n) is 4.35. The molecule has 1 aliphatic carbocycles. The molecule has 5 atom stereocenters. The Balaban J connectivity index is 1.48. The summed E-state index contributed by atoms with van der Waals surface area (Å²) in [6.45, 7) is -2.44. The zero-order chi connectivity index (χ0) is 36.7. The van der Waals surface area contributed by atoms with Gasteiger partial charge in [-0.25, -0.2) is 23.3 Å². The van der Waals surface area contributed by atoms with Gasteiger partial charge in [0.15, 0.2) is 0 Å². The Kier molecular flexibility index (Phi) is 12.8. The number of carbonyl (C=O) groups is 1. The van der Waals surface area contributed by atoms with Gasteiger partial charge in [-0.2, -0.15) is 8.62 Å². The molecule has 25 nitrogen and oxygen atoms in total. The van der Waals surface area contributed by atoms with Crippen molar-refractivity contribution in [3.8, 4) is 5.75 Å². The number of benzene rings is 1. The van der Waals surface area contributed by atoms with Gasteiger partial charge in [-0.15, -0.1) is 0 Å². The second-order valence-corrected chi connectivity index (χ2v) is 14.7. The lowest BCUT2D eigenvalue weighted by Crippen LogP contribution is -2.34. The molecule has 1 aromatic heterocycles. The van der Waals surface area contributed by atoms with Crippen molar-refractivity contribution in [1.82, 2.24) is 9.55 Å². The van der Waals surface area contributed by atoms with E-state index in [2.05, 4.69) is 33.2 Å². The highest BCUT2D eigenvalue weighted by molar-refractivity contribution is 7.66. The van der Waals surface area contributed by atoms with Crippen LogP contribution in [0.15, 0.2) is 44.2 Å². The number of aromatic amines is 1. The molecule has 2 fully saturated rings. The van der Waals surface area contributed by atoms with E-state index < -0.39 is 79.1 Å². The quantitative estimate of drug-likeness (QED) is 0.0478. The highest BCUT2D eigenvalue weighted by Gasteiger charge is 2.43. The lowest BCUT2D eigenvalue weighted by molar-refractivity contribution is -0.0602. The predicted molar refractivity (Wildman–Crippen MR) is 161 cm³/mol. The van der Waals surface area contributed by atoms with Crippen LogP contribution in [0.25, 0.3) is 20.9 Å². The Labute approximate surface area is 278 Å². The third kappa shape index (κ3) is 11.6. The van der Waals surface area contributed by atoms with Gasteiger partial charge in [0.1, 0.15) is 31.4 Å². The maximum absolute atomic E-state index is 13.0.